The van der Waals surface area contributed by atoms with Crippen LogP contribution in [0.4, 0.5) is 4.79 Å². The van der Waals surface area contributed by atoms with E-state index >= 15 is 0 Å². The van der Waals surface area contributed by atoms with E-state index in [4.69, 9.17) is 9.57 Å². The van der Waals surface area contributed by atoms with Gasteiger partial charge in [0.2, 0.25) is 0 Å². The number of benzene rings is 1. The van der Waals surface area contributed by atoms with E-state index in [0.717, 1.165) is 48.1 Å². The smallest absolute Gasteiger partial charge is 0.377 e. The zero-order valence-corrected chi connectivity index (χ0v) is 18.6. The summed E-state index contributed by atoms with van der Waals surface area (Å²) in [4.78, 5) is 46.6. The Bertz CT molecular complexity index is 945. The van der Waals surface area contributed by atoms with Gasteiger partial charge in [-0.05, 0) is 48.8 Å². The topological polar surface area (TPSA) is 101 Å². The Kier molecular flexibility index (Phi) is 8.52. The molecule has 1 aliphatic rings. The summed E-state index contributed by atoms with van der Waals surface area (Å²) in [5, 5.41) is 4.02. The van der Waals surface area contributed by atoms with E-state index in [9.17, 15) is 14.4 Å². The Morgan fingerprint density at radius 3 is 2.56 bits per heavy atom. The van der Waals surface area contributed by atoms with Crippen molar-refractivity contribution < 1.29 is 24.0 Å². The van der Waals surface area contributed by atoms with Crippen molar-refractivity contribution in [2.45, 2.75) is 46.3 Å². The number of aromatic nitrogens is 1. The molecule has 3 rings (SSSR count). The van der Waals surface area contributed by atoms with Crippen LogP contribution < -0.4 is 5.32 Å². The average Bonchev–Trinajstić information content (AvgIpc) is 3.11. The summed E-state index contributed by atoms with van der Waals surface area (Å²) in [6.45, 7) is 8.83. The summed E-state index contributed by atoms with van der Waals surface area (Å²) in [7, 11) is 0. The molecule has 0 radical (unpaired) electrons. The molecule has 1 aromatic carbocycles. The van der Waals surface area contributed by atoms with Crippen LogP contribution in [0.15, 0.2) is 30.5 Å². The fourth-order valence-corrected chi connectivity index (χ4v) is 3.48. The monoisotopic (exact) mass is 442 g/mol. The molecule has 1 aromatic heterocycles. The van der Waals surface area contributed by atoms with Gasteiger partial charge >= 0.3 is 6.09 Å². The number of fused-ring (bicyclic) bond motifs is 1. The Morgan fingerprint density at radius 1 is 1.12 bits per heavy atom. The first-order valence-corrected chi connectivity index (χ1v) is 11.0. The molecule has 32 heavy (non-hydrogen) atoms. The molecule has 0 aliphatic carbocycles. The first-order valence-electron chi connectivity index (χ1n) is 11.0. The highest BCUT2D eigenvalue weighted by atomic mass is 16.7. The Morgan fingerprint density at radius 2 is 1.84 bits per heavy atom. The lowest BCUT2D eigenvalue weighted by Crippen LogP contribution is -2.36. The number of hydrogen-bond acceptors (Lipinski definition) is 7. The lowest BCUT2D eigenvalue weighted by Gasteiger charge is -2.17. The van der Waals surface area contributed by atoms with Crippen LogP contribution in [0.1, 0.15) is 44.2 Å². The Balaban J connectivity index is 1.49. The Hall–Kier alpha value is -3.04. The largest absolute Gasteiger partial charge is 0.432 e. The molecular weight excluding hydrogens is 412 g/mol. The normalized spacial score (nSPS) is 13.9. The van der Waals surface area contributed by atoms with E-state index in [0.29, 0.717) is 18.3 Å². The fraction of sp³-hybridized carbons (Fsp3) is 0.478. The third-order valence-electron chi connectivity index (χ3n) is 5.35. The molecule has 0 spiro atoms. The summed E-state index contributed by atoms with van der Waals surface area (Å²) >= 11 is 0. The van der Waals surface area contributed by atoms with Crippen LogP contribution in [0.25, 0.3) is 10.9 Å². The highest BCUT2D eigenvalue weighted by molar-refractivity contribution is 6.01. The third-order valence-corrected chi connectivity index (χ3v) is 5.35. The van der Waals surface area contributed by atoms with Gasteiger partial charge in [-0.15, -0.1) is 5.06 Å². The molecule has 172 valence electrons. The lowest BCUT2D eigenvalue weighted by atomic mass is 10.1. The van der Waals surface area contributed by atoms with Gasteiger partial charge in [-0.1, -0.05) is 19.9 Å². The van der Waals surface area contributed by atoms with Gasteiger partial charge in [0.15, 0.2) is 0 Å². The van der Waals surface area contributed by atoms with Gasteiger partial charge in [-0.25, -0.2) is 4.79 Å². The second-order valence-electron chi connectivity index (χ2n) is 7.62. The number of rotatable bonds is 11. The molecule has 0 atom stereocenters. The van der Waals surface area contributed by atoms with E-state index in [1.54, 1.807) is 0 Å². The van der Waals surface area contributed by atoms with Gasteiger partial charge < -0.3 is 19.8 Å². The van der Waals surface area contributed by atoms with E-state index in [2.05, 4.69) is 29.0 Å². The van der Waals surface area contributed by atoms with E-state index in [1.807, 2.05) is 30.5 Å². The number of pyridine rings is 1. The van der Waals surface area contributed by atoms with Crippen molar-refractivity contribution >= 4 is 28.8 Å². The predicted octanol–water partition coefficient (Wildman–Crippen LogP) is 2.77. The maximum Gasteiger partial charge on any atom is 0.432 e. The molecule has 9 nitrogen and oxygen atoms in total. The minimum atomic E-state index is -0.848. The molecular formula is C23H30N4O5. The quantitative estimate of drug-likeness (QED) is 0.422. The van der Waals surface area contributed by atoms with Gasteiger partial charge in [-0.3, -0.25) is 14.6 Å². The van der Waals surface area contributed by atoms with Gasteiger partial charge in [0.1, 0.15) is 0 Å². The maximum absolute atomic E-state index is 11.9. The molecule has 2 aromatic rings. The van der Waals surface area contributed by atoms with Gasteiger partial charge in [0, 0.05) is 44.1 Å². The number of hydroxylamine groups is 2. The molecule has 1 saturated heterocycles. The molecule has 0 unspecified atom stereocenters. The van der Waals surface area contributed by atoms with Crippen LogP contribution in [-0.2, 0) is 32.3 Å². The number of hydrogen-bond donors (Lipinski definition) is 1. The molecule has 0 saturated carbocycles. The molecule has 1 N–H and O–H groups in total. The maximum atomic E-state index is 11.9. The highest BCUT2D eigenvalue weighted by Gasteiger charge is 2.32. The van der Waals surface area contributed by atoms with Crippen molar-refractivity contribution in [3.8, 4) is 0 Å². The molecule has 3 amide bonds. The van der Waals surface area contributed by atoms with Crippen molar-refractivity contribution in [1.29, 1.82) is 0 Å². The van der Waals surface area contributed by atoms with E-state index in [-0.39, 0.29) is 19.4 Å². The van der Waals surface area contributed by atoms with Gasteiger partial charge in [0.25, 0.3) is 11.8 Å². The number of carbonyl (C=O) groups excluding carboxylic acids is 3. The zero-order valence-electron chi connectivity index (χ0n) is 18.6. The molecule has 9 heteroatoms. The number of carbonyl (C=O) groups is 3. The van der Waals surface area contributed by atoms with Crippen molar-refractivity contribution in [3.05, 3.63) is 41.6 Å². The van der Waals surface area contributed by atoms with Crippen LogP contribution in [0.3, 0.4) is 0 Å². The number of imide groups is 1. The summed E-state index contributed by atoms with van der Waals surface area (Å²) in [5.74, 6) is -1.02. The van der Waals surface area contributed by atoms with Gasteiger partial charge in [0.05, 0.1) is 12.1 Å². The van der Waals surface area contributed by atoms with Crippen molar-refractivity contribution in [3.63, 3.8) is 0 Å². The second kappa shape index (κ2) is 11.5. The minimum absolute atomic E-state index is 0.0613. The summed E-state index contributed by atoms with van der Waals surface area (Å²) < 4.78 is 5.80. The minimum Gasteiger partial charge on any atom is -0.377 e. The van der Waals surface area contributed by atoms with Crippen LogP contribution in [-0.4, -0.2) is 59.1 Å². The van der Waals surface area contributed by atoms with Gasteiger partial charge in [-0.2, -0.15) is 0 Å². The molecule has 2 heterocycles. The second-order valence-corrected chi connectivity index (χ2v) is 7.62. The average molecular weight is 443 g/mol. The van der Waals surface area contributed by atoms with Crippen molar-refractivity contribution in [1.82, 2.24) is 20.3 Å². The summed E-state index contributed by atoms with van der Waals surface area (Å²) in [5.41, 5.74) is 2.67. The SMILES string of the molecule is CCN(CC)CCCOCc1cnc2ccc(CNC(=O)ON3C(=O)CCC3=O)cc2c1. The van der Waals surface area contributed by atoms with Crippen molar-refractivity contribution in [2.75, 3.05) is 26.2 Å². The van der Waals surface area contributed by atoms with Crippen molar-refractivity contribution in [2.24, 2.45) is 0 Å². The van der Waals surface area contributed by atoms with Crippen LogP contribution in [0, 0.1) is 0 Å². The highest BCUT2D eigenvalue weighted by Crippen LogP contribution is 2.17. The third kappa shape index (κ3) is 6.48. The summed E-state index contributed by atoms with van der Waals surface area (Å²) in [6, 6.07) is 7.68. The van der Waals surface area contributed by atoms with Crippen LogP contribution >= 0.6 is 0 Å². The molecule has 1 fully saturated rings. The number of amides is 3. The predicted molar refractivity (Wildman–Crippen MR) is 118 cm³/mol. The zero-order chi connectivity index (χ0) is 22.9. The summed E-state index contributed by atoms with van der Waals surface area (Å²) in [6.07, 6.45) is 2.08. The molecule has 1 aliphatic heterocycles. The van der Waals surface area contributed by atoms with Crippen LogP contribution in [0.2, 0.25) is 0 Å². The van der Waals surface area contributed by atoms with E-state index in [1.165, 1.54) is 0 Å². The number of ether oxygens (including phenoxy) is 1. The van der Waals surface area contributed by atoms with E-state index < -0.39 is 17.9 Å². The first-order chi connectivity index (χ1) is 15.5. The Labute approximate surface area is 187 Å². The molecule has 0 bridgehead atoms. The standard InChI is InChI=1S/C23H30N4O5/c1-3-26(4-2)10-5-11-31-16-18-13-19-12-17(6-7-20(19)24-15-18)14-25-23(30)32-27-21(28)8-9-22(27)29/h6-7,12-13,15H,3-5,8-11,14,16H2,1-2H3,(H,25,30). The lowest BCUT2D eigenvalue weighted by molar-refractivity contribution is -0.171. The fourth-order valence-electron chi connectivity index (χ4n) is 3.48. The number of nitrogens with zero attached hydrogens (tertiary/aromatic N) is 3. The number of nitrogens with one attached hydrogen (secondary N) is 1. The first kappa shape index (κ1) is 23.6. The van der Waals surface area contributed by atoms with Crippen LogP contribution in [0.5, 0.6) is 0 Å².